The first kappa shape index (κ1) is 23.0. The maximum Gasteiger partial charge on any atom is 0.313 e. The zero-order valence-electron chi connectivity index (χ0n) is 18.5. The minimum Gasteiger partial charge on any atom is -0.273 e. The zero-order chi connectivity index (χ0) is 25.0. The van der Waals surface area contributed by atoms with Crippen molar-refractivity contribution in [3.63, 3.8) is 0 Å². The summed E-state index contributed by atoms with van der Waals surface area (Å²) in [5, 5.41) is 2.19. The third-order valence-electron chi connectivity index (χ3n) is 6.27. The van der Waals surface area contributed by atoms with Crippen LogP contribution in [-0.2, 0) is 14.4 Å². The minimum atomic E-state index is -1.07. The molecule has 2 saturated heterocycles. The molecule has 2 amide bonds. The van der Waals surface area contributed by atoms with Crippen LogP contribution in [0.3, 0.4) is 0 Å². The summed E-state index contributed by atoms with van der Waals surface area (Å²) in [4.78, 5) is 47.7. The molecule has 2 fully saturated rings. The van der Waals surface area contributed by atoms with Crippen molar-refractivity contribution in [1.29, 1.82) is 0 Å². The number of rotatable bonds is 4. The van der Waals surface area contributed by atoms with Gasteiger partial charge in [0.1, 0.15) is 17.1 Å². The Morgan fingerprint density at radius 3 is 1.97 bits per heavy atom. The topological polar surface area (TPSA) is 71.9 Å². The minimum absolute atomic E-state index is 0.177. The first-order valence-corrected chi connectivity index (χ1v) is 12.6. The average Bonchev–Trinajstić information content (AvgIpc) is 3.50. The lowest BCUT2D eigenvalue weighted by atomic mass is 9.95. The van der Waals surface area contributed by atoms with Gasteiger partial charge in [0.25, 0.3) is 5.91 Å². The molecule has 36 heavy (non-hydrogen) atoms. The van der Waals surface area contributed by atoms with E-state index in [1.165, 1.54) is 9.63 Å². The van der Waals surface area contributed by atoms with Gasteiger partial charge in [-0.25, -0.2) is 9.96 Å². The number of imide groups is 1. The van der Waals surface area contributed by atoms with Crippen LogP contribution in [0.2, 0.25) is 10.2 Å². The van der Waals surface area contributed by atoms with Crippen LogP contribution in [0.25, 0.3) is 5.69 Å². The van der Waals surface area contributed by atoms with Crippen LogP contribution >= 0.6 is 34.5 Å². The Labute approximate surface area is 219 Å². The van der Waals surface area contributed by atoms with Crippen LogP contribution in [0.4, 0.5) is 11.4 Å². The molecule has 0 bridgehead atoms. The van der Waals surface area contributed by atoms with E-state index in [2.05, 4.69) is 0 Å². The van der Waals surface area contributed by atoms with Crippen molar-refractivity contribution in [3.05, 3.63) is 110 Å². The molecule has 2 aliphatic rings. The highest BCUT2D eigenvalue weighted by atomic mass is 35.5. The van der Waals surface area contributed by atoms with Crippen LogP contribution in [0.15, 0.2) is 89.7 Å². The summed E-state index contributed by atoms with van der Waals surface area (Å²) in [5.74, 6) is -1.83. The second-order valence-corrected chi connectivity index (χ2v) is 10.1. The Hall–Kier alpha value is -3.43. The summed E-state index contributed by atoms with van der Waals surface area (Å²) >= 11 is 13.7. The molecule has 2 aliphatic heterocycles. The molecule has 6 rings (SSSR count). The lowest BCUT2D eigenvalue weighted by Crippen LogP contribution is -2.37. The normalized spacial score (nSPS) is 21.3. The number of nitrogens with zero attached hydrogens (tertiary/aromatic N) is 3. The summed E-state index contributed by atoms with van der Waals surface area (Å²) < 4.78 is 1.40. The maximum absolute atomic E-state index is 13.8. The van der Waals surface area contributed by atoms with E-state index in [1.54, 1.807) is 36.4 Å². The highest BCUT2D eigenvalue weighted by Crippen LogP contribution is 2.50. The molecule has 180 valence electrons. The molecule has 10 heteroatoms. The highest BCUT2D eigenvalue weighted by Gasteiger charge is 2.61. The number of para-hydroxylation sites is 2. The van der Waals surface area contributed by atoms with Crippen molar-refractivity contribution < 1.29 is 14.4 Å². The van der Waals surface area contributed by atoms with Gasteiger partial charge in [-0.3, -0.25) is 23.8 Å². The first-order chi connectivity index (χ1) is 17.5. The Morgan fingerprint density at radius 1 is 0.722 bits per heavy atom. The molecule has 0 aliphatic carbocycles. The Morgan fingerprint density at radius 2 is 1.33 bits per heavy atom. The number of thiazole rings is 1. The summed E-state index contributed by atoms with van der Waals surface area (Å²) in [6, 6.07) is 23.8. The first-order valence-electron chi connectivity index (χ1n) is 11.1. The van der Waals surface area contributed by atoms with Gasteiger partial charge < -0.3 is 0 Å². The van der Waals surface area contributed by atoms with Crippen LogP contribution in [0, 0.1) is 5.92 Å². The number of aromatic nitrogens is 1. The fraction of sp³-hybridized carbons (Fsp3) is 0.115. The Bertz CT molecular complexity index is 1520. The van der Waals surface area contributed by atoms with E-state index in [9.17, 15) is 14.4 Å². The zero-order valence-corrected chi connectivity index (χ0v) is 20.8. The number of anilines is 2. The summed E-state index contributed by atoms with van der Waals surface area (Å²) in [7, 11) is 0. The van der Waals surface area contributed by atoms with Crippen LogP contribution in [0.1, 0.15) is 10.9 Å². The maximum atomic E-state index is 13.8. The number of hydroxylamine groups is 1. The fourth-order valence-corrected chi connectivity index (χ4v) is 6.27. The van der Waals surface area contributed by atoms with Gasteiger partial charge in [0.15, 0.2) is 6.10 Å². The summed E-state index contributed by atoms with van der Waals surface area (Å²) in [6.45, 7) is 0. The van der Waals surface area contributed by atoms with Crippen molar-refractivity contribution in [2.24, 2.45) is 5.92 Å². The number of fused-ring (bicyclic) bond motifs is 1. The Kier molecular flexibility index (Phi) is 5.69. The van der Waals surface area contributed by atoms with Crippen molar-refractivity contribution in [3.8, 4) is 5.69 Å². The smallest absolute Gasteiger partial charge is 0.273 e. The fourth-order valence-electron chi connectivity index (χ4n) is 4.67. The van der Waals surface area contributed by atoms with Crippen LogP contribution in [0.5, 0.6) is 0 Å². The largest absolute Gasteiger partial charge is 0.313 e. The van der Waals surface area contributed by atoms with Gasteiger partial charge in [-0.2, -0.15) is 0 Å². The van der Waals surface area contributed by atoms with Gasteiger partial charge >= 0.3 is 4.87 Å². The number of amides is 2. The van der Waals surface area contributed by atoms with Crippen molar-refractivity contribution in [1.82, 2.24) is 4.57 Å². The quantitative estimate of drug-likeness (QED) is 0.332. The van der Waals surface area contributed by atoms with E-state index in [1.807, 2.05) is 48.5 Å². The standard InChI is InChI=1S/C26H17Cl2N3O4S/c27-15-11-13-17(14-12-15)30-24(32)19-20(31(35-21(19)25(30)33)18-9-5-2-6-10-18)22-23(28)29(26(34)36-22)16-7-3-1-4-8-16/h1-14,19-21H/t19-,20+,21-/m1/s1. The van der Waals surface area contributed by atoms with Crippen LogP contribution < -0.4 is 14.8 Å². The molecule has 0 saturated carbocycles. The third kappa shape index (κ3) is 3.57. The van der Waals surface area contributed by atoms with Gasteiger partial charge in [-0.05, 0) is 48.5 Å². The average molecular weight is 538 g/mol. The lowest BCUT2D eigenvalue weighted by Gasteiger charge is -2.28. The molecule has 3 heterocycles. The molecule has 4 aromatic rings. The number of carbonyl (C=O) groups is 2. The molecular formula is C26H17Cl2N3O4S. The molecule has 7 nitrogen and oxygen atoms in total. The van der Waals surface area contributed by atoms with Gasteiger partial charge in [0.05, 0.1) is 21.9 Å². The molecule has 3 aromatic carbocycles. The van der Waals surface area contributed by atoms with Crippen molar-refractivity contribution in [2.75, 3.05) is 9.96 Å². The predicted octanol–water partition coefficient (Wildman–Crippen LogP) is 5.26. The SMILES string of the molecule is O=C1[C@@H]2[C@@H](c3sc(=O)n(-c4ccccc4)c3Cl)N(c3ccccc3)O[C@H]2C(=O)N1c1ccc(Cl)cc1. The van der Waals surface area contributed by atoms with Crippen molar-refractivity contribution in [2.45, 2.75) is 12.1 Å². The molecule has 0 spiro atoms. The predicted molar refractivity (Wildman–Crippen MR) is 139 cm³/mol. The number of carbonyl (C=O) groups excluding carboxylic acids is 2. The Balaban J connectivity index is 1.48. The van der Waals surface area contributed by atoms with Crippen molar-refractivity contribution >= 4 is 57.7 Å². The molecule has 0 unspecified atom stereocenters. The van der Waals surface area contributed by atoms with Gasteiger partial charge in [-0.1, -0.05) is 70.9 Å². The van der Waals surface area contributed by atoms with E-state index >= 15 is 0 Å². The number of halogens is 2. The van der Waals surface area contributed by atoms with Gasteiger partial charge in [-0.15, -0.1) is 0 Å². The molecule has 1 aromatic heterocycles. The molecule has 0 N–H and O–H groups in total. The second-order valence-electron chi connectivity index (χ2n) is 8.34. The second kappa shape index (κ2) is 8.90. The van der Waals surface area contributed by atoms with E-state index in [0.717, 1.165) is 16.2 Å². The highest BCUT2D eigenvalue weighted by molar-refractivity contribution is 7.10. The lowest BCUT2D eigenvalue weighted by molar-refractivity contribution is -0.126. The van der Waals surface area contributed by atoms with E-state index < -0.39 is 29.9 Å². The molecule has 3 atom stereocenters. The van der Waals surface area contributed by atoms with E-state index in [0.29, 0.717) is 27.0 Å². The van der Waals surface area contributed by atoms with Gasteiger partial charge in [0.2, 0.25) is 5.91 Å². The third-order valence-corrected chi connectivity index (χ3v) is 8.02. The summed E-state index contributed by atoms with van der Waals surface area (Å²) in [5.41, 5.74) is 1.64. The molecular weight excluding hydrogens is 521 g/mol. The van der Waals surface area contributed by atoms with Gasteiger partial charge in [0, 0.05) is 5.02 Å². The number of hydrogen-bond acceptors (Lipinski definition) is 6. The summed E-state index contributed by atoms with van der Waals surface area (Å²) in [6.07, 6.45) is -1.07. The monoisotopic (exact) mass is 537 g/mol. The number of benzene rings is 3. The van der Waals surface area contributed by atoms with E-state index in [4.69, 9.17) is 28.0 Å². The van der Waals surface area contributed by atoms with Crippen LogP contribution in [-0.4, -0.2) is 22.5 Å². The molecule has 0 radical (unpaired) electrons. The number of hydrogen-bond donors (Lipinski definition) is 0. The van der Waals surface area contributed by atoms with E-state index in [-0.39, 0.29) is 10.0 Å².